The molecule has 0 spiro atoms. The number of carbonyl (C=O) groups excluding carboxylic acids is 2. The van der Waals surface area contributed by atoms with Crippen LogP contribution in [-0.4, -0.2) is 23.4 Å². The SMILES string of the molecule is CC(C)C(N)CC(=O)NC(C)(C)C(N)=O. The zero-order valence-corrected chi connectivity index (χ0v) is 9.83. The molecule has 88 valence electrons. The first-order chi connectivity index (χ1) is 6.66. The van der Waals surface area contributed by atoms with Gasteiger partial charge in [-0.3, -0.25) is 9.59 Å². The van der Waals surface area contributed by atoms with Crippen molar-refractivity contribution in [1.29, 1.82) is 0 Å². The number of carbonyl (C=O) groups is 2. The molecule has 2 amide bonds. The molecular weight excluding hydrogens is 194 g/mol. The van der Waals surface area contributed by atoms with Crippen LogP contribution in [0.15, 0.2) is 0 Å². The number of primary amides is 1. The fourth-order valence-electron chi connectivity index (χ4n) is 0.911. The lowest BCUT2D eigenvalue weighted by molar-refractivity contribution is -0.130. The maximum Gasteiger partial charge on any atom is 0.242 e. The van der Waals surface area contributed by atoms with E-state index in [0.717, 1.165) is 0 Å². The van der Waals surface area contributed by atoms with E-state index in [4.69, 9.17) is 11.5 Å². The summed E-state index contributed by atoms with van der Waals surface area (Å²) in [6, 6.07) is -0.200. The average Bonchev–Trinajstić information content (AvgIpc) is 2.01. The first kappa shape index (κ1) is 13.9. The predicted octanol–water partition coefficient (Wildman–Crippen LogP) is -0.260. The van der Waals surface area contributed by atoms with Crippen molar-refractivity contribution in [3.8, 4) is 0 Å². The minimum atomic E-state index is -1.02. The Morgan fingerprint density at radius 3 is 2.13 bits per heavy atom. The van der Waals surface area contributed by atoms with Crippen LogP contribution in [0.2, 0.25) is 0 Å². The molecule has 5 nitrogen and oxygen atoms in total. The number of amides is 2. The highest BCUT2D eigenvalue weighted by Crippen LogP contribution is 2.05. The molecule has 0 heterocycles. The predicted molar refractivity (Wildman–Crippen MR) is 58.8 cm³/mol. The summed E-state index contributed by atoms with van der Waals surface area (Å²) in [6.07, 6.45) is 0.203. The summed E-state index contributed by atoms with van der Waals surface area (Å²) in [5.74, 6) is -0.582. The maximum atomic E-state index is 11.5. The van der Waals surface area contributed by atoms with Gasteiger partial charge in [-0.25, -0.2) is 0 Å². The third kappa shape index (κ3) is 4.78. The Hall–Kier alpha value is -1.10. The van der Waals surface area contributed by atoms with E-state index in [2.05, 4.69) is 5.32 Å². The van der Waals surface area contributed by atoms with Crippen LogP contribution in [0.25, 0.3) is 0 Å². The van der Waals surface area contributed by atoms with Crippen molar-refractivity contribution < 1.29 is 9.59 Å². The van der Waals surface area contributed by atoms with Crippen LogP contribution in [0.3, 0.4) is 0 Å². The molecule has 0 aliphatic carbocycles. The van der Waals surface area contributed by atoms with Gasteiger partial charge in [-0.05, 0) is 19.8 Å². The van der Waals surface area contributed by atoms with Crippen molar-refractivity contribution in [2.75, 3.05) is 0 Å². The van der Waals surface area contributed by atoms with Gasteiger partial charge < -0.3 is 16.8 Å². The van der Waals surface area contributed by atoms with Crippen LogP contribution >= 0.6 is 0 Å². The molecule has 0 aromatic heterocycles. The Bertz CT molecular complexity index is 249. The van der Waals surface area contributed by atoms with Crippen LogP contribution in [0.1, 0.15) is 34.1 Å². The molecule has 0 aliphatic rings. The molecule has 0 aliphatic heterocycles. The first-order valence-corrected chi connectivity index (χ1v) is 5.03. The Morgan fingerprint density at radius 2 is 1.80 bits per heavy atom. The molecule has 15 heavy (non-hydrogen) atoms. The van der Waals surface area contributed by atoms with Crippen LogP contribution in [0.5, 0.6) is 0 Å². The summed E-state index contributed by atoms with van der Waals surface area (Å²) >= 11 is 0. The Labute approximate surface area is 90.6 Å². The number of hydrogen-bond acceptors (Lipinski definition) is 3. The molecule has 0 bridgehead atoms. The number of rotatable bonds is 5. The molecule has 0 rings (SSSR count). The summed E-state index contributed by atoms with van der Waals surface area (Å²) < 4.78 is 0. The van der Waals surface area contributed by atoms with Crippen molar-refractivity contribution in [3.05, 3.63) is 0 Å². The summed E-state index contributed by atoms with van der Waals surface area (Å²) in [4.78, 5) is 22.4. The van der Waals surface area contributed by atoms with E-state index in [1.54, 1.807) is 13.8 Å². The van der Waals surface area contributed by atoms with Crippen LogP contribution in [0, 0.1) is 5.92 Å². The number of nitrogens with one attached hydrogen (secondary N) is 1. The lowest BCUT2D eigenvalue weighted by Gasteiger charge is -2.24. The average molecular weight is 215 g/mol. The smallest absolute Gasteiger partial charge is 0.242 e. The summed E-state index contributed by atoms with van der Waals surface area (Å²) in [5.41, 5.74) is 9.84. The quantitative estimate of drug-likeness (QED) is 0.589. The van der Waals surface area contributed by atoms with Crippen molar-refractivity contribution in [2.24, 2.45) is 17.4 Å². The molecule has 5 N–H and O–H groups in total. The fraction of sp³-hybridized carbons (Fsp3) is 0.800. The van der Waals surface area contributed by atoms with Gasteiger partial charge in [-0.2, -0.15) is 0 Å². The molecule has 0 saturated heterocycles. The molecule has 0 radical (unpaired) electrons. The number of hydrogen-bond donors (Lipinski definition) is 3. The van der Waals surface area contributed by atoms with Crippen molar-refractivity contribution in [1.82, 2.24) is 5.32 Å². The Kier molecular flexibility index (Phi) is 4.74. The van der Waals surface area contributed by atoms with Gasteiger partial charge >= 0.3 is 0 Å². The van der Waals surface area contributed by atoms with Gasteiger partial charge in [0, 0.05) is 12.5 Å². The fourth-order valence-corrected chi connectivity index (χ4v) is 0.911. The zero-order chi connectivity index (χ0) is 12.2. The van der Waals surface area contributed by atoms with Gasteiger partial charge in [0.15, 0.2) is 0 Å². The summed E-state index contributed by atoms with van der Waals surface area (Å²) in [5, 5.41) is 2.55. The summed E-state index contributed by atoms with van der Waals surface area (Å²) in [7, 11) is 0. The molecule has 0 saturated carbocycles. The lowest BCUT2D eigenvalue weighted by Crippen LogP contribution is -2.54. The van der Waals surface area contributed by atoms with Gasteiger partial charge in [0.05, 0.1) is 0 Å². The third-order valence-electron chi connectivity index (χ3n) is 2.35. The molecule has 0 aromatic rings. The minimum Gasteiger partial charge on any atom is -0.368 e. The van der Waals surface area contributed by atoms with Crippen LogP contribution < -0.4 is 16.8 Å². The van der Waals surface area contributed by atoms with Crippen LogP contribution in [0.4, 0.5) is 0 Å². The normalized spacial score (nSPS) is 13.7. The molecule has 0 fully saturated rings. The van der Waals surface area contributed by atoms with Gasteiger partial charge in [-0.1, -0.05) is 13.8 Å². The van der Waals surface area contributed by atoms with Gasteiger partial charge in [0.25, 0.3) is 0 Å². The van der Waals surface area contributed by atoms with Crippen LogP contribution in [-0.2, 0) is 9.59 Å². The third-order valence-corrected chi connectivity index (χ3v) is 2.35. The van der Waals surface area contributed by atoms with Crippen molar-refractivity contribution in [2.45, 2.75) is 45.7 Å². The molecule has 5 heteroatoms. The van der Waals surface area contributed by atoms with E-state index in [9.17, 15) is 9.59 Å². The van der Waals surface area contributed by atoms with Gasteiger partial charge in [-0.15, -0.1) is 0 Å². The second-order valence-electron chi connectivity index (χ2n) is 4.65. The van der Waals surface area contributed by atoms with Gasteiger partial charge in [0.2, 0.25) is 11.8 Å². The van der Waals surface area contributed by atoms with E-state index in [1.807, 2.05) is 13.8 Å². The van der Waals surface area contributed by atoms with E-state index >= 15 is 0 Å². The standard InChI is InChI=1S/C10H21N3O2/c1-6(2)7(11)5-8(14)13-10(3,4)9(12)15/h6-7H,5,11H2,1-4H3,(H2,12,15)(H,13,14). The van der Waals surface area contributed by atoms with E-state index in [-0.39, 0.29) is 24.3 Å². The topological polar surface area (TPSA) is 98.2 Å². The zero-order valence-electron chi connectivity index (χ0n) is 9.83. The molecule has 1 unspecified atom stereocenters. The lowest BCUT2D eigenvalue weighted by atomic mass is 10.00. The maximum absolute atomic E-state index is 11.5. The number of nitrogens with two attached hydrogens (primary N) is 2. The second-order valence-corrected chi connectivity index (χ2v) is 4.65. The van der Waals surface area contributed by atoms with E-state index in [1.165, 1.54) is 0 Å². The van der Waals surface area contributed by atoms with Crippen molar-refractivity contribution in [3.63, 3.8) is 0 Å². The largest absolute Gasteiger partial charge is 0.368 e. The molecule has 0 aromatic carbocycles. The highest BCUT2D eigenvalue weighted by atomic mass is 16.2. The van der Waals surface area contributed by atoms with Crippen molar-refractivity contribution >= 4 is 11.8 Å². The summed E-state index contributed by atoms with van der Waals surface area (Å²) in [6.45, 7) is 7.01. The highest BCUT2D eigenvalue weighted by Gasteiger charge is 2.27. The van der Waals surface area contributed by atoms with E-state index in [0.29, 0.717) is 0 Å². The highest BCUT2D eigenvalue weighted by molar-refractivity contribution is 5.89. The van der Waals surface area contributed by atoms with E-state index < -0.39 is 11.4 Å². The van der Waals surface area contributed by atoms with Gasteiger partial charge in [0.1, 0.15) is 5.54 Å². The first-order valence-electron chi connectivity index (χ1n) is 5.03. The molecule has 1 atom stereocenters. The molecular formula is C10H21N3O2. The second kappa shape index (κ2) is 5.11. The minimum absolute atomic E-state index is 0.200. The monoisotopic (exact) mass is 215 g/mol. The Balaban J connectivity index is 4.21. The Morgan fingerprint density at radius 1 is 1.33 bits per heavy atom.